The topological polar surface area (TPSA) is 49.5 Å². The minimum atomic E-state index is -0.271. The van der Waals surface area contributed by atoms with Gasteiger partial charge in [-0.25, -0.2) is 0 Å². The lowest BCUT2D eigenvalue weighted by Crippen LogP contribution is -2.59. The van der Waals surface area contributed by atoms with Gasteiger partial charge in [0.2, 0.25) is 0 Å². The van der Waals surface area contributed by atoms with Crippen LogP contribution in [0.4, 0.5) is 0 Å². The Kier molecular flexibility index (Phi) is 2.34. The van der Waals surface area contributed by atoms with Crippen molar-refractivity contribution in [1.29, 1.82) is 0 Å². The highest BCUT2D eigenvalue weighted by Crippen LogP contribution is 2.36. The maximum absolute atomic E-state index is 9.71. The van der Waals surface area contributed by atoms with Crippen LogP contribution in [0.1, 0.15) is 33.1 Å². The molecule has 13 heavy (non-hydrogen) atoms. The van der Waals surface area contributed by atoms with Crippen LogP contribution in [0.3, 0.4) is 0 Å². The highest BCUT2D eigenvalue weighted by molar-refractivity contribution is 5.03. The molecule has 0 spiro atoms. The Balaban J connectivity index is 2.16. The molecule has 4 atom stereocenters. The lowest BCUT2D eigenvalue weighted by atomic mass is 9.94. The van der Waals surface area contributed by atoms with E-state index in [9.17, 15) is 5.11 Å². The fourth-order valence-electron chi connectivity index (χ4n) is 3.06. The van der Waals surface area contributed by atoms with Crippen molar-refractivity contribution in [2.75, 3.05) is 0 Å². The van der Waals surface area contributed by atoms with Crippen molar-refractivity contribution in [1.82, 2.24) is 4.90 Å². The third kappa shape index (κ3) is 1.39. The third-order valence-electron chi connectivity index (χ3n) is 3.60. The Bertz CT molecular complexity index is 195. The number of hydrogen-bond donors (Lipinski definition) is 2. The number of aliphatic hydroxyl groups is 1. The van der Waals surface area contributed by atoms with Gasteiger partial charge in [-0.1, -0.05) is 0 Å². The molecule has 0 aliphatic carbocycles. The zero-order chi connectivity index (χ0) is 9.59. The summed E-state index contributed by atoms with van der Waals surface area (Å²) in [6, 6.07) is 1.55. The molecule has 0 unspecified atom stereocenters. The second-order valence-corrected chi connectivity index (χ2v) is 4.72. The SMILES string of the molecule is CC(C)N1[C@H]2CC[C@@H]1[C@H](N)[C@@H](O)C2. The van der Waals surface area contributed by atoms with E-state index in [1.165, 1.54) is 12.8 Å². The average molecular weight is 184 g/mol. The molecule has 0 amide bonds. The second kappa shape index (κ2) is 3.23. The summed E-state index contributed by atoms with van der Waals surface area (Å²) in [5, 5.41) is 9.71. The maximum atomic E-state index is 9.71. The van der Waals surface area contributed by atoms with Gasteiger partial charge in [0.25, 0.3) is 0 Å². The first kappa shape index (κ1) is 9.44. The molecule has 2 aliphatic heterocycles. The predicted octanol–water partition coefficient (Wildman–Crippen LogP) is 0.320. The van der Waals surface area contributed by atoms with E-state index in [0.29, 0.717) is 18.1 Å². The Morgan fingerprint density at radius 1 is 1.38 bits per heavy atom. The van der Waals surface area contributed by atoms with Crippen molar-refractivity contribution in [3.05, 3.63) is 0 Å². The first-order valence-electron chi connectivity index (χ1n) is 5.32. The third-order valence-corrected chi connectivity index (χ3v) is 3.60. The van der Waals surface area contributed by atoms with E-state index in [0.717, 1.165) is 6.42 Å². The lowest BCUT2D eigenvalue weighted by molar-refractivity contribution is 0.00115. The minimum Gasteiger partial charge on any atom is -0.391 e. The molecule has 2 saturated heterocycles. The van der Waals surface area contributed by atoms with Crippen molar-refractivity contribution in [2.24, 2.45) is 5.73 Å². The molecule has 0 aromatic rings. The predicted molar refractivity (Wildman–Crippen MR) is 52.4 cm³/mol. The molecule has 2 heterocycles. The lowest BCUT2D eigenvalue weighted by Gasteiger charge is -2.43. The van der Waals surface area contributed by atoms with Crippen molar-refractivity contribution in [3.63, 3.8) is 0 Å². The molecule has 2 aliphatic rings. The minimum absolute atomic E-state index is 0.0267. The van der Waals surface area contributed by atoms with Gasteiger partial charge in [-0.3, -0.25) is 4.90 Å². The summed E-state index contributed by atoms with van der Waals surface area (Å²) < 4.78 is 0. The number of rotatable bonds is 1. The fourth-order valence-corrected chi connectivity index (χ4v) is 3.06. The van der Waals surface area contributed by atoms with Crippen LogP contribution < -0.4 is 5.73 Å². The molecule has 2 rings (SSSR count). The number of aliphatic hydroxyl groups excluding tert-OH is 1. The van der Waals surface area contributed by atoms with Crippen LogP contribution in [-0.4, -0.2) is 40.3 Å². The van der Waals surface area contributed by atoms with Crippen LogP contribution in [0.15, 0.2) is 0 Å². The largest absolute Gasteiger partial charge is 0.391 e. The molecule has 2 fully saturated rings. The van der Waals surface area contributed by atoms with E-state index in [1.54, 1.807) is 0 Å². The zero-order valence-corrected chi connectivity index (χ0v) is 8.48. The maximum Gasteiger partial charge on any atom is 0.0721 e. The molecule has 3 N–H and O–H groups in total. The Morgan fingerprint density at radius 3 is 2.69 bits per heavy atom. The standard InChI is InChI=1S/C10H20N2O/c1-6(2)12-7-3-4-8(12)10(11)9(13)5-7/h6-10,13H,3-5,11H2,1-2H3/t7-,8+,9-,10-/m0/s1. The summed E-state index contributed by atoms with van der Waals surface area (Å²) in [5.74, 6) is 0. The van der Waals surface area contributed by atoms with E-state index in [4.69, 9.17) is 5.73 Å². The van der Waals surface area contributed by atoms with Crippen LogP contribution >= 0.6 is 0 Å². The van der Waals surface area contributed by atoms with Crippen molar-refractivity contribution in [2.45, 2.75) is 63.4 Å². The van der Waals surface area contributed by atoms with Gasteiger partial charge in [0, 0.05) is 24.2 Å². The summed E-state index contributed by atoms with van der Waals surface area (Å²) in [6.45, 7) is 4.44. The van der Waals surface area contributed by atoms with Gasteiger partial charge in [0.05, 0.1) is 6.10 Å². The highest BCUT2D eigenvalue weighted by atomic mass is 16.3. The second-order valence-electron chi connectivity index (χ2n) is 4.72. The molecular formula is C10H20N2O. The normalized spacial score (nSPS) is 45.9. The Morgan fingerprint density at radius 2 is 2.08 bits per heavy atom. The monoisotopic (exact) mass is 184 g/mol. The van der Waals surface area contributed by atoms with Gasteiger partial charge in [-0.2, -0.15) is 0 Å². The summed E-state index contributed by atoms with van der Waals surface area (Å²) >= 11 is 0. The average Bonchev–Trinajstić information content (AvgIpc) is 2.40. The Labute approximate surface area is 79.9 Å². The molecular weight excluding hydrogens is 164 g/mol. The number of fused-ring (bicyclic) bond motifs is 2. The van der Waals surface area contributed by atoms with Crippen molar-refractivity contribution < 1.29 is 5.11 Å². The van der Waals surface area contributed by atoms with Crippen molar-refractivity contribution >= 4 is 0 Å². The first-order chi connectivity index (χ1) is 6.11. The van der Waals surface area contributed by atoms with Crippen LogP contribution in [0.2, 0.25) is 0 Å². The van der Waals surface area contributed by atoms with Gasteiger partial charge in [0.1, 0.15) is 0 Å². The van der Waals surface area contributed by atoms with E-state index in [-0.39, 0.29) is 12.1 Å². The van der Waals surface area contributed by atoms with E-state index in [2.05, 4.69) is 18.7 Å². The molecule has 3 nitrogen and oxygen atoms in total. The molecule has 0 aromatic carbocycles. The zero-order valence-electron chi connectivity index (χ0n) is 8.48. The van der Waals surface area contributed by atoms with Gasteiger partial charge >= 0.3 is 0 Å². The van der Waals surface area contributed by atoms with Crippen LogP contribution in [0.5, 0.6) is 0 Å². The molecule has 2 bridgehead atoms. The van der Waals surface area contributed by atoms with E-state index >= 15 is 0 Å². The first-order valence-corrected chi connectivity index (χ1v) is 5.32. The van der Waals surface area contributed by atoms with Crippen molar-refractivity contribution in [3.8, 4) is 0 Å². The molecule has 0 radical (unpaired) electrons. The smallest absolute Gasteiger partial charge is 0.0721 e. The molecule has 0 saturated carbocycles. The summed E-state index contributed by atoms with van der Waals surface area (Å²) in [6.07, 6.45) is 2.98. The number of nitrogens with zero attached hydrogens (tertiary/aromatic N) is 1. The Hall–Kier alpha value is -0.120. The fraction of sp³-hybridized carbons (Fsp3) is 1.00. The van der Waals surface area contributed by atoms with Gasteiger partial charge in [-0.05, 0) is 33.1 Å². The summed E-state index contributed by atoms with van der Waals surface area (Å²) in [7, 11) is 0. The van der Waals surface area contributed by atoms with Crippen LogP contribution in [0, 0.1) is 0 Å². The number of piperidine rings is 1. The molecule has 3 heteroatoms. The summed E-state index contributed by atoms with van der Waals surface area (Å²) in [4.78, 5) is 2.50. The van der Waals surface area contributed by atoms with Gasteiger partial charge < -0.3 is 10.8 Å². The quantitative estimate of drug-likeness (QED) is 0.617. The van der Waals surface area contributed by atoms with E-state index in [1.807, 2.05) is 0 Å². The van der Waals surface area contributed by atoms with Crippen LogP contribution in [-0.2, 0) is 0 Å². The number of hydrogen-bond acceptors (Lipinski definition) is 3. The molecule has 76 valence electrons. The van der Waals surface area contributed by atoms with E-state index < -0.39 is 0 Å². The highest BCUT2D eigenvalue weighted by Gasteiger charge is 2.45. The van der Waals surface area contributed by atoms with Crippen LogP contribution in [0.25, 0.3) is 0 Å². The van der Waals surface area contributed by atoms with Gasteiger partial charge in [-0.15, -0.1) is 0 Å². The molecule has 0 aromatic heterocycles. The number of nitrogens with two attached hydrogens (primary N) is 1. The summed E-state index contributed by atoms with van der Waals surface area (Å²) in [5.41, 5.74) is 6.00. The van der Waals surface area contributed by atoms with Gasteiger partial charge in [0.15, 0.2) is 0 Å².